The van der Waals surface area contributed by atoms with Gasteiger partial charge in [0.1, 0.15) is 0 Å². The van der Waals surface area contributed by atoms with E-state index in [1.54, 1.807) is 35.0 Å². The standard InChI is InChI=1S/C27H28N4O2/c1-19(32)31(23-10-5-4-6-11-23)17-22-15-21(13-14-25(22)28)27(33)29(2)18-24-16-20-9-7-8-12-26(20)30(24)3/h4-16H,17-18,28H2,1-3H3. The van der Waals surface area contributed by atoms with Crippen molar-refractivity contribution in [2.45, 2.75) is 20.0 Å². The van der Waals surface area contributed by atoms with Crippen LogP contribution >= 0.6 is 0 Å². The van der Waals surface area contributed by atoms with Crippen molar-refractivity contribution in [2.24, 2.45) is 7.05 Å². The van der Waals surface area contributed by atoms with Crippen molar-refractivity contribution >= 4 is 34.1 Å². The minimum Gasteiger partial charge on any atom is -0.398 e. The monoisotopic (exact) mass is 440 g/mol. The van der Waals surface area contributed by atoms with Crippen molar-refractivity contribution in [2.75, 3.05) is 17.7 Å². The number of nitrogens with two attached hydrogens (primary N) is 1. The summed E-state index contributed by atoms with van der Waals surface area (Å²) in [5.41, 5.74) is 11.0. The maximum Gasteiger partial charge on any atom is 0.253 e. The van der Waals surface area contributed by atoms with Crippen LogP contribution in [-0.4, -0.2) is 28.3 Å². The molecule has 0 saturated heterocycles. The molecule has 3 aromatic carbocycles. The van der Waals surface area contributed by atoms with E-state index in [0.717, 1.165) is 27.8 Å². The molecule has 33 heavy (non-hydrogen) atoms. The number of amides is 2. The van der Waals surface area contributed by atoms with Crippen LogP contribution in [-0.2, 0) is 24.9 Å². The third-order valence-electron chi connectivity index (χ3n) is 5.96. The number of carbonyl (C=O) groups is 2. The van der Waals surface area contributed by atoms with Gasteiger partial charge in [0.15, 0.2) is 0 Å². The van der Waals surface area contributed by atoms with Gasteiger partial charge in [0.05, 0.1) is 13.1 Å². The third-order valence-corrected chi connectivity index (χ3v) is 5.96. The molecule has 2 N–H and O–H groups in total. The van der Waals surface area contributed by atoms with Crippen LogP contribution in [0.4, 0.5) is 11.4 Å². The molecule has 1 aromatic heterocycles. The third kappa shape index (κ3) is 4.60. The molecule has 4 rings (SSSR count). The highest BCUT2D eigenvalue weighted by Crippen LogP contribution is 2.23. The first kappa shape index (κ1) is 22.1. The summed E-state index contributed by atoms with van der Waals surface area (Å²) in [4.78, 5) is 28.9. The second kappa shape index (κ2) is 9.20. The van der Waals surface area contributed by atoms with Crippen molar-refractivity contribution < 1.29 is 9.59 Å². The highest BCUT2D eigenvalue weighted by molar-refractivity contribution is 5.95. The van der Waals surface area contributed by atoms with E-state index >= 15 is 0 Å². The van der Waals surface area contributed by atoms with Gasteiger partial charge < -0.3 is 20.1 Å². The molecular formula is C27H28N4O2. The fourth-order valence-electron chi connectivity index (χ4n) is 4.07. The SMILES string of the molecule is CC(=O)N(Cc1cc(C(=O)N(C)Cc2cc3ccccc3n2C)ccc1N)c1ccccc1. The molecule has 0 fully saturated rings. The molecule has 6 heteroatoms. The number of nitrogens with zero attached hydrogens (tertiary/aromatic N) is 3. The zero-order valence-electron chi connectivity index (χ0n) is 19.2. The van der Waals surface area contributed by atoms with Crippen LogP contribution in [0.5, 0.6) is 0 Å². The summed E-state index contributed by atoms with van der Waals surface area (Å²) in [6, 6.07) is 25.0. The van der Waals surface area contributed by atoms with Gasteiger partial charge in [-0.1, -0.05) is 36.4 Å². The zero-order valence-corrected chi connectivity index (χ0v) is 19.2. The molecule has 0 bridgehead atoms. The van der Waals surface area contributed by atoms with Gasteiger partial charge in [0.25, 0.3) is 5.91 Å². The topological polar surface area (TPSA) is 71.6 Å². The van der Waals surface area contributed by atoms with Gasteiger partial charge in [-0.3, -0.25) is 9.59 Å². The first-order valence-corrected chi connectivity index (χ1v) is 10.9. The molecule has 2 amide bonds. The first-order valence-electron chi connectivity index (χ1n) is 10.9. The maximum atomic E-state index is 13.2. The van der Waals surface area contributed by atoms with E-state index in [2.05, 4.69) is 22.8 Å². The number of nitrogen functional groups attached to an aromatic ring is 1. The Morgan fingerprint density at radius 1 is 0.909 bits per heavy atom. The van der Waals surface area contributed by atoms with Crippen molar-refractivity contribution in [3.8, 4) is 0 Å². The van der Waals surface area contributed by atoms with Crippen LogP contribution in [0.1, 0.15) is 28.5 Å². The summed E-state index contributed by atoms with van der Waals surface area (Å²) in [6.07, 6.45) is 0. The van der Waals surface area contributed by atoms with E-state index in [0.29, 0.717) is 24.3 Å². The molecule has 0 radical (unpaired) electrons. The van der Waals surface area contributed by atoms with E-state index < -0.39 is 0 Å². The molecule has 4 aromatic rings. The average Bonchev–Trinajstić information content (AvgIpc) is 3.13. The number of aryl methyl sites for hydroxylation is 1. The number of benzene rings is 3. The molecule has 0 aliphatic rings. The second-order valence-electron chi connectivity index (χ2n) is 8.27. The predicted octanol–water partition coefficient (Wildman–Crippen LogP) is 4.59. The molecule has 0 atom stereocenters. The van der Waals surface area contributed by atoms with Crippen molar-refractivity contribution in [3.05, 3.63) is 95.7 Å². The van der Waals surface area contributed by atoms with Gasteiger partial charge in [-0.25, -0.2) is 0 Å². The number of aromatic nitrogens is 1. The van der Waals surface area contributed by atoms with Crippen LogP contribution in [0.2, 0.25) is 0 Å². The van der Waals surface area contributed by atoms with Gasteiger partial charge >= 0.3 is 0 Å². The lowest BCUT2D eigenvalue weighted by atomic mass is 10.1. The number of para-hydroxylation sites is 2. The smallest absolute Gasteiger partial charge is 0.253 e. The summed E-state index contributed by atoms with van der Waals surface area (Å²) >= 11 is 0. The quantitative estimate of drug-likeness (QED) is 0.446. The lowest BCUT2D eigenvalue weighted by Crippen LogP contribution is -2.29. The Bertz CT molecular complexity index is 1310. The Balaban J connectivity index is 1.56. The summed E-state index contributed by atoms with van der Waals surface area (Å²) < 4.78 is 2.11. The minimum atomic E-state index is -0.101. The minimum absolute atomic E-state index is 0.0924. The summed E-state index contributed by atoms with van der Waals surface area (Å²) in [5, 5.41) is 1.15. The van der Waals surface area contributed by atoms with Gasteiger partial charge in [-0.15, -0.1) is 0 Å². The first-order chi connectivity index (χ1) is 15.8. The lowest BCUT2D eigenvalue weighted by molar-refractivity contribution is -0.116. The zero-order chi connectivity index (χ0) is 23.5. The Kier molecular flexibility index (Phi) is 6.18. The number of rotatable bonds is 6. The predicted molar refractivity (Wildman–Crippen MR) is 133 cm³/mol. The van der Waals surface area contributed by atoms with Crippen LogP contribution in [0.15, 0.2) is 78.9 Å². The number of hydrogen-bond donors (Lipinski definition) is 1. The van der Waals surface area contributed by atoms with E-state index in [9.17, 15) is 9.59 Å². The van der Waals surface area contributed by atoms with Gasteiger partial charge in [-0.2, -0.15) is 0 Å². The van der Waals surface area contributed by atoms with Crippen LogP contribution in [0, 0.1) is 0 Å². The Morgan fingerprint density at radius 2 is 1.61 bits per heavy atom. The highest BCUT2D eigenvalue weighted by atomic mass is 16.2. The van der Waals surface area contributed by atoms with E-state index in [1.165, 1.54) is 6.92 Å². The number of fused-ring (bicyclic) bond motifs is 1. The number of anilines is 2. The molecule has 0 aliphatic carbocycles. The van der Waals surface area contributed by atoms with Crippen molar-refractivity contribution in [1.29, 1.82) is 0 Å². The second-order valence-corrected chi connectivity index (χ2v) is 8.27. The largest absolute Gasteiger partial charge is 0.398 e. The van der Waals surface area contributed by atoms with E-state index in [-0.39, 0.29) is 11.8 Å². The van der Waals surface area contributed by atoms with E-state index in [4.69, 9.17) is 5.73 Å². The Hall–Kier alpha value is -4.06. The molecule has 6 nitrogen and oxygen atoms in total. The summed E-state index contributed by atoms with van der Waals surface area (Å²) in [7, 11) is 3.80. The van der Waals surface area contributed by atoms with Gasteiger partial charge in [0.2, 0.25) is 5.91 Å². The summed E-state index contributed by atoms with van der Waals surface area (Å²) in [5.74, 6) is -0.194. The van der Waals surface area contributed by atoms with Crippen molar-refractivity contribution in [1.82, 2.24) is 9.47 Å². The fraction of sp³-hybridized carbons (Fsp3) is 0.185. The normalized spacial score (nSPS) is 10.9. The Morgan fingerprint density at radius 3 is 2.30 bits per heavy atom. The van der Waals surface area contributed by atoms with Crippen LogP contribution in [0.25, 0.3) is 10.9 Å². The fourth-order valence-corrected chi connectivity index (χ4v) is 4.07. The molecule has 0 unspecified atom stereocenters. The molecule has 0 saturated carbocycles. The van der Waals surface area contributed by atoms with Gasteiger partial charge in [0, 0.05) is 49.2 Å². The summed E-state index contributed by atoms with van der Waals surface area (Å²) in [6.45, 7) is 2.29. The maximum absolute atomic E-state index is 13.2. The van der Waals surface area contributed by atoms with E-state index in [1.807, 2.05) is 49.5 Å². The Labute approximate surface area is 193 Å². The van der Waals surface area contributed by atoms with Crippen LogP contribution < -0.4 is 10.6 Å². The lowest BCUT2D eigenvalue weighted by Gasteiger charge is -2.23. The number of hydrogen-bond acceptors (Lipinski definition) is 3. The van der Waals surface area contributed by atoms with Crippen molar-refractivity contribution in [3.63, 3.8) is 0 Å². The van der Waals surface area contributed by atoms with Crippen LogP contribution in [0.3, 0.4) is 0 Å². The van der Waals surface area contributed by atoms with Gasteiger partial charge in [-0.05, 0) is 53.4 Å². The molecule has 1 heterocycles. The average molecular weight is 441 g/mol. The highest BCUT2D eigenvalue weighted by Gasteiger charge is 2.18. The number of carbonyl (C=O) groups excluding carboxylic acids is 2. The molecule has 0 spiro atoms. The molecular weight excluding hydrogens is 412 g/mol. The molecule has 168 valence electrons. The molecule has 0 aliphatic heterocycles.